The number of nitrogens with zero attached hydrogens (tertiary/aromatic N) is 2. The maximum absolute atomic E-state index is 13.7. The number of anilines is 2. The van der Waals surface area contributed by atoms with Crippen LogP contribution in [-0.4, -0.2) is 4.98 Å². The monoisotopic (exact) mass is 323 g/mol. The lowest BCUT2D eigenvalue weighted by Gasteiger charge is -2.11. The van der Waals surface area contributed by atoms with Crippen LogP contribution in [0.1, 0.15) is 11.1 Å². The number of benzene rings is 1. The average molecular weight is 324 g/mol. The second-order valence-electron chi connectivity index (χ2n) is 3.83. The molecule has 0 atom stereocenters. The molecule has 0 amide bonds. The van der Waals surface area contributed by atoms with Crippen molar-refractivity contribution >= 4 is 27.4 Å². The molecule has 1 N–H and O–H groups in total. The van der Waals surface area contributed by atoms with Crippen LogP contribution in [0.15, 0.2) is 28.9 Å². The normalized spacial score (nSPS) is 10.1. The van der Waals surface area contributed by atoms with Crippen molar-refractivity contribution in [2.45, 2.75) is 6.92 Å². The van der Waals surface area contributed by atoms with Gasteiger partial charge in [-0.15, -0.1) is 0 Å². The van der Waals surface area contributed by atoms with Gasteiger partial charge >= 0.3 is 0 Å². The number of pyridine rings is 1. The molecule has 0 saturated carbocycles. The van der Waals surface area contributed by atoms with Crippen LogP contribution in [0.25, 0.3) is 0 Å². The highest BCUT2D eigenvalue weighted by atomic mass is 79.9. The van der Waals surface area contributed by atoms with Crippen molar-refractivity contribution in [3.63, 3.8) is 0 Å². The van der Waals surface area contributed by atoms with Gasteiger partial charge in [0.1, 0.15) is 17.7 Å². The van der Waals surface area contributed by atoms with Crippen molar-refractivity contribution in [3.8, 4) is 6.07 Å². The molecule has 0 unspecified atom stereocenters. The van der Waals surface area contributed by atoms with E-state index in [2.05, 4.69) is 26.2 Å². The van der Waals surface area contributed by atoms with E-state index in [0.717, 1.165) is 17.7 Å². The summed E-state index contributed by atoms with van der Waals surface area (Å²) in [5, 5.41) is 11.8. The summed E-state index contributed by atoms with van der Waals surface area (Å²) in [7, 11) is 0. The molecule has 0 radical (unpaired) electrons. The van der Waals surface area contributed by atoms with Crippen LogP contribution in [0.3, 0.4) is 0 Å². The fourth-order valence-corrected chi connectivity index (χ4v) is 2.08. The zero-order chi connectivity index (χ0) is 14.0. The number of aryl methyl sites for hydroxylation is 1. The zero-order valence-corrected chi connectivity index (χ0v) is 11.4. The number of hydrogen-bond donors (Lipinski definition) is 1. The van der Waals surface area contributed by atoms with Crippen LogP contribution < -0.4 is 5.32 Å². The highest BCUT2D eigenvalue weighted by Crippen LogP contribution is 2.30. The summed E-state index contributed by atoms with van der Waals surface area (Å²) in [4.78, 5) is 4.00. The maximum atomic E-state index is 13.7. The molecule has 0 spiro atoms. The molecule has 0 aliphatic heterocycles. The number of nitrogens with one attached hydrogen (secondary N) is 1. The predicted octanol–water partition coefficient (Wildman–Crippen LogP) is 4.05. The van der Waals surface area contributed by atoms with E-state index in [9.17, 15) is 8.78 Å². The standard InChI is InChI=1S/C13H8BrF2N3/c1-7-2-3-18-13(9(7)6-17)19-12-10(14)4-8(15)5-11(12)16/h2-5H,1H3,(H,18,19). The lowest BCUT2D eigenvalue weighted by Crippen LogP contribution is -2.01. The van der Waals surface area contributed by atoms with Crippen LogP contribution in [0.2, 0.25) is 0 Å². The highest BCUT2D eigenvalue weighted by molar-refractivity contribution is 9.10. The fraction of sp³-hybridized carbons (Fsp3) is 0.0769. The molecule has 0 fully saturated rings. The van der Waals surface area contributed by atoms with E-state index in [4.69, 9.17) is 5.26 Å². The molecular weight excluding hydrogens is 316 g/mol. The molecule has 2 rings (SSSR count). The summed E-state index contributed by atoms with van der Waals surface area (Å²) in [6.45, 7) is 1.75. The minimum Gasteiger partial charge on any atom is -0.336 e. The Balaban J connectivity index is 2.49. The van der Waals surface area contributed by atoms with Gasteiger partial charge in [0.15, 0.2) is 5.82 Å². The average Bonchev–Trinajstić information content (AvgIpc) is 2.34. The number of nitriles is 1. The first kappa shape index (κ1) is 13.4. The predicted molar refractivity (Wildman–Crippen MR) is 71.0 cm³/mol. The van der Waals surface area contributed by atoms with Crippen LogP contribution in [0.5, 0.6) is 0 Å². The fourth-order valence-electron chi connectivity index (χ4n) is 1.57. The van der Waals surface area contributed by atoms with E-state index in [1.807, 2.05) is 6.07 Å². The molecule has 3 nitrogen and oxygen atoms in total. The quantitative estimate of drug-likeness (QED) is 0.907. The van der Waals surface area contributed by atoms with Crippen LogP contribution >= 0.6 is 15.9 Å². The summed E-state index contributed by atoms with van der Waals surface area (Å²) >= 11 is 3.07. The van der Waals surface area contributed by atoms with Gasteiger partial charge in [0.25, 0.3) is 0 Å². The van der Waals surface area contributed by atoms with Gasteiger partial charge < -0.3 is 5.32 Å². The van der Waals surface area contributed by atoms with Crippen molar-refractivity contribution in [1.82, 2.24) is 4.98 Å². The molecule has 1 heterocycles. The summed E-state index contributed by atoms with van der Waals surface area (Å²) in [5.41, 5.74) is 1.08. The van der Waals surface area contributed by atoms with Crippen molar-refractivity contribution < 1.29 is 8.78 Å². The van der Waals surface area contributed by atoms with Crippen molar-refractivity contribution in [2.24, 2.45) is 0 Å². The van der Waals surface area contributed by atoms with Crippen LogP contribution in [0, 0.1) is 29.9 Å². The first-order valence-electron chi connectivity index (χ1n) is 5.30. The molecule has 96 valence electrons. The van der Waals surface area contributed by atoms with Gasteiger partial charge in [0.2, 0.25) is 0 Å². The Kier molecular flexibility index (Phi) is 3.76. The Morgan fingerprint density at radius 2 is 2.11 bits per heavy atom. The minimum atomic E-state index is -0.765. The first-order valence-corrected chi connectivity index (χ1v) is 6.09. The molecule has 6 heteroatoms. The topological polar surface area (TPSA) is 48.7 Å². The third-order valence-electron chi connectivity index (χ3n) is 2.52. The molecule has 1 aromatic carbocycles. The zero-order valence-electron chi connectivity index (χ0n) is 9.84. The van der Waals surface area contributed by atoms with Gasteiger partial charge in [-0.25, -0.2) is 13.8 Å². The third kappa shape index (κ3) is 2.71. The van der Waals surface area contributed by atoms with E-state index in [1.165, 1.54) is 6.20 Å². The SMILES string of the molecule is Cc1ccnc(Nc2c(F)cc(F)cc2Br)c1C#N. The van der Waals surface area contributed by atoms with Crippen molar-refractivity contribution in [2.75, 3.05) is 5.32 Å². The molecule has 1 aromatic heterocycles. The van der Waals surface area contributed by atoms with E-state index < -0.39 is 11.6 Å². The summed E-state index contributed by atoms with van der Waals surface area (Å²) in [6, 6.07) is 5.57. The lowest BCUT2D eigenvalue weighted by atomic mass is 10.1. The lowest BCUT2D eigenvalue weighted by molar-refractivity contribution is 0.584. The molecule has 19 heavy (non-hydrogen) atoms. The Morgan fingerprint density at radius 1 is 1.37 bits per heavy atom. The smallest absolute Gasteiger partial charge is 0.150 e. The van der Waals surface area contributed by atoms with E-state index in [-0.39, 0.29) is 16.0 Å². The molecule has 2 aromatic rings. The van der Waals surface area contributed by atoms with E-state index >= 15 is 0 Å². The van der Waals surface area contributed by atoms with E-state index in [1.54, 1.807) is 13.0 Å². The van der Waals surface area contributed by atoms with Crippen LogP contribution in [0.4, 0.5) is 20.3 Å². The largest absolute Gasteiger partial charge is 0.336 e. The third-order valence-corrected chi connectivity index (χ3v) is 3.15. The van der Waals surface area contributed by atoms with Crippen molar-refractivity contribution in [3.05, 3.63) is 51.6 Å². The van der Waals surface area contributed by atoms with Crippen molar-refractivity contribution in [1.29, 1.82) is 5.26 Å². The van der Waals surface area contributed by atoms with Gasteiger partial charge in [-0.1, -0.05) is 0 Å². The number of halogens is 3. The Morgan fingerprint density at radius 3 is 2.74 bits per heavy atom. The molecule has 0 saturated heterocycles. The molecule has 0 aliphatic rings. The van der Waals surface area contributed by atoms with Crippen LogP contribution in [-0.2, 0) is 0 Å². The number of aromatic nitrogens is 1. The van der Waals surface area contributed by atoms with E-state index in [0.29, 0.717) is 5.56 Å². The van der Waals surface area contributed by atoms with Gasteiger partial charge in [-0.2, -0.15) is 5.26 Å². The summed E-state index contributed by atoms with van der Waals surface area (Å²) in [6.07, 6.45) is 1.51. The Labute approximate surface area is 117 Å². The highest BCUT2D eigenvalue weighted by Gasteiger charge is 2.13. The first-order chi connectivity index (χ1) is 9.02. The second-order valence-corrected chi connectivity index (χ2v) is 4.69. The van der Waals surface area contributed by atoms with Gasteiger partial charge in [-0.3, -0.25) is 0 Å². The van der Waals surface area contributed by atoms with Gasteiger partial charge in [-0.05, 0) is 40.5 Å². The minimum absolute atomic E-state index is 0.0380. The number of rotatable bonds is 2. The Hall–Kier alpha value is -2.00. The molecule has 0 bridgehead atoms. The molecular formula is C13H8BrF2N3. The van der Waals surface area contributed by atoms with Gasteiger partial charge in [0.05, 0.1) is 11.3 Å². The maximum Gasteiger partial charge on any atom is 0.150 e. The second kappa shape index (κ2) is 5.33. The summed E-state index contributed by atoms with van der Waals surface area (Å²) < 4.78 is 26.9. The molecule has 0 aliphatic carbocycles. The van der Waals surface area contributed by atoms with Gasteiger partial charge in [0, 0.05) is 16.7 Å². The Bertz CT molecular complexity index is 657. The number of hydrogen-bond acceptors (Lipinski definition) is 3. The summed E-state index contributed by atoms with van der Waals surface area (Å²) in [5.74, 6) is -1.22.